The minimum atomic E-state index is -0.326. The quantitative estimate of drug-likeness (QED) is 0.505. The van der Waals surface area contributed by atoms with Crippen LogP contribution in [0.4, 0.5) is 5.69 Å². The van der Waals surface area contributed by atoms with Gasteiger partial charge < -0.3 is 9.64 Å². The molecule has 0 aliphatic rings. The van der Waals surface area contributed by atoms with Gasteiger partial charge in [-0.15, -0.1) is 0 Å². The van der Waals surface area contributed by atoms with Gasteiger partial charge in [0.15, 0.2) is 12.4 Å². The van der Waals surface area contributed by atoms with E-state index in [1.54, 1.807) is 42.5 Å². The van der Waals surface area contributed by atoms with E-state index in [9.17, 15) is 14.9 Å². The molecule has 1 amide bonds. The van der Waals surface area contributed by atoms with Gasteiger partial charge in [-0.25, -0.2) is 0 Å². The van der Waals surface area contributed by atoms with E-state index >= 15 is 0 Å². The summed E-state index contributed by atoms with van der Waals surface area (Å²) in [5, 5.41) is 9.92. The first-order valence-electron chi connectivity index (χ1n) is 9.25. The van der Waals surface area contributed by atoms with Crippen LogP contribution in [0.2, 0.25) is 5.02 Å². The normalized spacial score (nSPS) is 10.2. The van der Waals surface area contributed by atoms with Gasteiger partial charge in [0.2, 0.25) is 0 Å². The number of hydrogen-bond acceptors (Lipinski definition) is 4. The maximum absolute atomic E-state index is 13.1. The monoisotopic (exact) mass is 418 g/mol. The van der Waals surface area contributed by atoms with E-state index in [4.69, 9.17) is 16.3 Å². The number of nitrogens with zero attached hydrogens (tertiary/aromatic N) is 2. The Labute approximate surface area is 180 Å². The van der Waals surface area contributed by atoms with Crippen LogP contribution in [-0.2, 0) is 11.3 Å². The zero-order valence-electron chi connectivity index (χ0n) is 16.3. The van der Waals surface area contributed by atoms with Gasteiger partial charge in [0.1, 0.15) is 11.8 Å². The van der Waals surface area contributed by atoms with Crippen LogP contribution in [0.5, 0.6) is 5.75 Å². The van der Waals surface area contributed by atoms with Gasteiger partial charge in [-0.2, -0.15) is 5.26 Å². The number of rotatable bonds is 7. The topological polar surface area (TPSA) is 70.4 Å². The van der Waals surface area contributed by atoms with E-state index in [1.165, 1.54) is 11.8 Å². The summed E-state index contributed by atoms with van der Waals surface area (Å²) in [7, 11) is 0. The molecular formula is C24H19ClN2O3. The average Bonchev–Trinajstić information content (AvgIpc) is 2.76. The van der Waals surface area contributed by atoms with Crippen LogP contribution in [0.1, 0.15) is 28.4 Å². The van der Waals surface area contributed by atoms with E-state index in [-0.39, 0.29) is 24.8 Å². The maximum atomic E-state index is 13.1. The van der Waals surface area contributed by atoms with E-state index < -0.39 is 0 Å². The highest BCUT2D eigenvalue weighted by Crippen LogP contribution is 2.26. The van der Waals surface area contributed by atoms with Gasteiger partial charge in [0.25, 0.3) is 5.91 Å². The summed E-state index contributed by atoms with van der Waals surface area (Å²) in [4.78, 5) is 26.0. The second-order valence-corrected chi connectivity index (χ2v) is 7.04. The molecule has 0 bridgehead atoms. The number of Topliss-reactive ketones (excluding diaryl/α,β-unsaturated/α-hetero) is 1. The van der Waals surface area contributed by atoms with Gasteiger partial charge in [-0.05, 0) is 55.0 Å². The molecule has 150 valence electrons. The molecule has 0 N–H and O–H groups in total. The number of anilines is 1. The number of ether oxygens (including phenoxy) is 1. The number of amides is 1. The van der Waals surface area contributed by atoms with Crippen LogP contribution >= 0.6 is 11.6 Å². The van der Waals surface area contributed by atoms with Crippen molar-refractivity contribution in [2.45, 2.75) is 13.5 Å². The van der Waals surface area contributed by atoms with Crippen molar-refractivity contribution < 1.29 is 14.3 Å². The number of ketones is 1. The van der Waals surface area contributed by atoms with Crippen molar-refractivity contribution in [3.05, 3.63) is 94.5 Å². The van der Waals surface area contributed by atoms with Crippen LogP contribution < -0.4 is 9.64 Å². The third kappa shape index (κ3) is 5.25. The lowest BCUT2D eigenvalue weighted by molar-refractivity contribution is -0.120. The summed E-state index contributed by atoms with van der Waals surface area (Å²) in [6.45, 7) is 1.52. The summed E-state index contributed by atoms with van der Waals surface area (Å²) in [6.07, 6.45) is 0. The Morgan fingerprint density at radius 1 is 1.03 bits per heavy atom. The van der Waals surface area contributed by atoms with Gasteiger partial charge in [-0.3, -0.25) is 9.59 Å². The molecule has 0 unspecified atom stereocenters. The lowest BCUT2D eigenvalue weighted by Gasteiger charge is -2.24. The highest BCUT2D eigenvalue weighted by atomic mass is 35.5. The molecule has 0 aliphatic heterocycles. The number of benzene rings is 3. The first-order valence-corrected chi connectivity index (χ1v) is 9.63. The van der Waals surface area contributed by atoms with Crippen molar-refractivity contribution in [3.63, 3.8) is 0 Å². The van der Waals surface area contributed by atoms with E-state index in [2.05, 4.69) is 6.07 Å². The largest absolute Gasteiger partial charge is 0.484 e. The molecule has 0 aliphatic carbocycles. The van der Waals surface area contributed by atoms with Crippen molar-refractivity contribution in [3.8, 4) is 11.8 Å². The predicted octanol–water partition coefficient (Wildman–Crippen LogP) is 5.03. The van der Waals surface area contributed by atoms with E-state index in [0.29, 0.717) is 27.6 Å². The van der Waals surface area contributed by atoms with Crippen molar-refractivity contribution in [2.24, 2.45) is 0 Å². The zero-order valence-corrected chi connectivity index (χ0v) is 17.1. The fourth-order valence-corrected chi connectivity index (χ4v) is 3.07. The first kappa shape index (κ1) is 21.1. The Hall–Kier alpha value is -3.62. The average molecular weight is 419 g/mol. The Kier molecular flexibility index (Phi) is 6.84. The summed E-state index contributed by atoms with van der Waals surface area (Å²) in [5.41, 5.74) is 2.24. The summed E-state index contributed by atoms with van der Waals surface area (Å²) in [6, 6.07) is 23.0. The zero-order chi connectivity index (χ0) is 21.5. The van der Waals surface area contributed by atoms with Gasteiger partial charge in [-0.1, -0.05) is 41.9 Å². The van der Waals surface area contributed by atoms with Crippen LogP contribution in [0.25, 0.3) is 0 Å². The van der Waals surface area contributed by atoms with E-state index in [0.717, 1.165) is 5.56 Å². The maximum Gasteiger partial charge on any atom is 0.265 e. The minimum Gasteiger partial charge on any atom is -0.484 e. The number of hydrogen-bond donors (Lipinski definition) is 0. The SMILES string of the molecule is CC(=O)c1ccc(OCC(=O)N(Cc2ccccc2)c2cc(Cl)ccc2C#N)cc1. The third-order valence-electron chi connectivity index (χ3n) is 4.48. The Bertz CT molecular complexity index is 1090. The van der Waals surface area contributed by atoms with Crippen LogP contribution in [0.3, 0.4) is 0 Å². The molecule has 3 aromatic carbocycles. The van der Waals surface area contributed by atoms with Gasteiger partial charge >= 0.3 is 0 Å². The summed E-state index contributed by atoms with van der Waals surface area (Å²) >= 11 is 6.13. The number of halogens is 1. The van der Waals surface area contributed by atoms with Crippen molar-refractivity contribution in [2.75, 3.05) is 11.5 Å². The minimum absolute atomic E-state index is 0.0448. The van der Waals surface area contributed by atoms with Crippen LogP contribution in [0, 0.1) is 11.3 Å². The molecule has 0 saturated carbocycles. The Balaban J connectivity index is 1.84. The molecule has 3 rings (SSSR count). The first-order chi connectivity index (χ1) is 14.5. The van der Waals surface area contributed by atoms with Gasteiger partial charge in [0.05, 0.1) is 17.8 Å². The molecule has 0 heterocycles. The summed E-state index contributed by atoms with van der Waals surface area (Å²) < 4.78 is 5.63. The highest BCUT2D eigenvalue weighted by molar-refractivity contribution is 6.31. The second kappa shape index (κ2) is 9.73. The van der Waals surface area contributed by atoms with Crippen molar-refractivity contribution >= 4 is 29.0 Å². The van der Waals surface area contributed by atoms with Crippen LogP contribution in [0.15, 0.2) is 72.8 Å². The summed E-state index contributed by atoms with van der Waals surface area (Å²) in [5.74, 6) is 0.101. The Morgan fingerprint density at radius 3 is 2.37 bits per heavy atom. The smallest absolute Gasteiger partial charge is 0.265 e. The van der Waals surface area contributed by atoms with Crippen molar-refractivity contribution in [1.29, 1.82) is 5.26 Å². The van der Waals surface area contributed by atoms with E-state index in [1.807, 2.05) is 30.3 Å². The number of carbonyl (C=O) groups excluding carboxylic acids is 2. The molecule has 0 spiro atoms. The molecule has 30 heavy (non-hydrogen) atoms. The van der Waals surface area contributed by atoms with Gasteiger partial charge in [0, 0.05) is 10.6 Å². The third-order valence-corrected chi connectivity index (χ3v) is 4.71. The molecule has 0 radical (unpaired) electrons. The molecule has 3 aromatic rings. The van der Waals surface area contributed by atoms with Crippen molar-refractivity contribution in [1.82, 2.24) is 0 Å². The molecule has 0 atom stereocenters. The molecule has 6 heteroatoms. The lowest BCUT2D eigenvalue weighted by atomic mass is 10.1. The fraction of sp³-hybridized carbons (Fsp3) is 0.125. The lowest BCUT2D eigenvalue weighted by Crippen LogP contribution is -2.35. The molecule has 5 nitrogen and oxygen atoms in total. The second-order valence-electron chi connectivity index (χ2n) is 6.61. The Morgan fingerprint density at radius 2 is 1.73 bits per heavy atom. The highest BCUT2D eigenvalue weighted by Gasteiger charge is 2.20. The fourth-order valence-electron chi connectivity index (χ4n) is 2.91. The standard InChI is InChI=1S/C24H19ClN2O3/c1-17(28)19-8-11-22(12-9-19)30-16-24(29)27(15-18-5-3-2-4-6-18)23-13-21(25)10-7-20(23)14-26/h2-13H,15-16H2,1H3. The molecular weight excluding hydrogens is 400 g/mol. The predicted molar refractivity (Wildman–Crippen MR) is 116 cm³/mol. The molecule has 0 aromatic heterocycles. The molecule has 0 saturated heterocycles. The van der Waals surface area contributed by atoms with Crippen LogP contribution in [-0.4, -0.2) is 18.3 Å². The number of nitriles is 1. The number of carbonyl (C=O) groups is 2. The molecule has 0 fully saturated rings.